The van der Waals surface area contributed by atoms with Crippen molar-refractivity contribution in [1.82, 2.24) is 9.97 Å². The molecule has 0 radical (unpaired) electrons. The standard InChI is InChI=1S/C24H20N4O3S/c1-30-20-11-10-14(12-21(20)31-2)22-17(13-25)23(28-24(27-22)32-3)26-18-8-4-7-16-15(18)6-5-9-19(16)29/h4-12,29H,1-3H3,(H,26,27,28). The van der Waals surface area contributed by atoms with E-state index in [1.54, 1.807) is 38.5 Å². The number of thioether (sulfide) groups is 1. The average molecular weight is 445 g/mol. The molecule has 0 aliphatic carbocycles. The molecule has 32 heavy (non-hydrogen) atoms. The first-order valence-electron chi connectivity index (χ1n) is 9.65. The molecule has 4 rings (SSSR count). The third kappa shape index (κ3) is 3.86. The summed E-state index contributed by atoms with van der Waals surface area (Å²) in [7, 11) is 3.13. The van der Waals surface area contributed by atoms with Crippen LogP contribution in [0, 0.1) is 11.3 Å². The number of methoxy groups -OCH3 is 2. The number of ether oxygens (including phenoxy) is 2. The predicted octanol–water partition coefficient (Wildman–Crippen LogP) is 5.36. The second-order valence-corrected chi connectivity index (χ2v) is 7.54. The summed E-state index contributed by atoms with van der Waals surface area (Å²) in [6.45, 7) is 0. The number of hydrogen-bond donors (Lipinski definition) is 2. The highest BCUT2D eigenvalue weighted by atomic mass is 32.2. The van der Waals surface area contributed by atoms with E-state index >= 15 is 0 Å². The van der Waals surface area contributed by atoms with Crippen molar-refractivity contribution in [2.24, 2.45) is 0 Å². The van der Waals surface area contributed by atoms with Gasteiger partial charge in [0.1, 0.15) is 17.4 Å². The molecule has 0 saturated carbocycles. The van der Waals surface area contributed by atoms with Crippen molar-refractivity contribution in [3.63, 3.8) is 0 Å². The Bertz CT molecular complexity index is 1350. The average Bonchev–Trinajstić information content (AvgIpc) is 2.83. The summed E-state index contributed by atoms with van der Waals surface area (Å²) in [6.07, 6.45) is 1.87. The van der Waals surface area contributed by atoms with E-state index in [1.165, 1.54) is 11.8 Å². The van der Waals surface area contributed by atoms with Crippen molar-refractivity contribution >= 4 is 34.0 Å². The number of aromatic nitrogens is 2. The van der Waals surface area contributed by atoms with Gasteiger partial charge in [-0.1, -0.05) is 36.0 Å². The van der Waals surface area contributed by atoms with Gasteiger partial charge >= 0.3 is 0 Å². The maximum Gasteiger partial charge on any atom is 0.189 e. The van der Waals surface area contributed by atoms with E-state index in [4.69, 9.17) is 9.47 Å². The van der Waals surface area contributed by atoms with Crippen LogP contribution < -0.4 is 14.8 Å². The molecule has 3 aromatic carbocycles. The molecule has 1 heterocycles. The van der Waals surface area contributed by atoms with Gasteiger partial charge in [-0.25, -0.2) is 9.97 Å². The Labute approximate surface area is 189 Å². The SMILES string of the molecule is COc1ccc(-c2nc(SC)nc(Nc3cccc4c(O)cccc34)c2C#N)cc1OC. The smallest absolute Gasteiger partial charge is 0.189 e. The second kappa shape index (κ2) is 9.04. The van der Waals surface area contributed by atoms with Crippen LogP contribution in [0.1, 0.15) is 5.56 Å². The molecule has 0 unspecified atom stereocenters. The van der Waals surface area contributed by atoms with Crippen molar-refractivity contribution in [2.75, 3.05) is 25.8 Å². The van der Waals surface area contributed by atoms with E-state index in [1.807, 2.05) is 36.6 Å². The van der Waals surface area contributed by atoms with Gasteiger partial charge in [0.2, 0.25) is 0 Å². The van der Waals surface area contributed by atoms with Gasteiger partial charge < -0.3 is 19.9 Å². The molecule has 0 aliphatic rings. The van der Waals surface area contributed by atoms with Crippen molar-refractivity contribution < 1.29 is 14.6 Å². The number of anilines is 2. The minimum absolute atomic E-state index is 0.185. The van der Waals surface area contributed by atoms with Crippen LogP contribution in [0.2, 0.25) is 0 Å². The van der Waals surface area contributed by atoms with Crippen molar-refractivity contribution in [3.05, 3.63) is 60.2 Å². The third-order valence-electron chi connectivity index (χ3n) is 4.99. The summed E-state index contributed by atoms with van der Waals surface area (Å²) in [5, 5.41) is 25.5. The lowest BCUT2D eigenvalue weighted by Gasteiger charge is -2.15. The zero-order valence-electron chi connectivity index (χ0n) is 17.7. The lowest BCUT2D eigenvalue weighted by molar-refractivity contribution is 0.355. The van der Waals surface area contributed by atoms with E-state index < -0.39 is 0 Å². The zero-order valence-corrected chi connectivity index (χ0v) is 18.5. The van der Waals surface area contributed by atoms with Crippen LogP contribution in [0.15, 0.2) is 59.8 Å². The molecular weight excluding hydrogens is 424 g/mol. The lowest BCUT2D eigenvalue weighted by atomic mass is 10.1. The van der Waals surface area contributed by atoms with Crippen LogP contribution in [0.3, 0.4) is 0 Å². The molecule has 1 aromatic heterocycles. The Hall–Kier alpha value is -3.96. The molecule has 0 spiro atoms. The maximum atomic E-state index is 10.2. The summed E-state index contributed by atoms with van der Waals surface area (Å²) in [4.78, 5) is 9.14. The highest BCUT2D eigenvalue weighted by Gasteiger charge is 2.18. The highest BCUT2D eigenvalue weighted by molar-refractivity contribution is 7.98. The van der Waals surface area contributed by atoms with Crippen LogP contribution in [0.25, 0.3) is 22.0 Å². The molecule has 0 fully saturated rings. The number of rotatable bonds is 6. The number of nitriles is 1. The molecular formula is C24H20N4O3S. The lowest BCUT2D eigenvalue weighted by Crippen LogP contribution is -2.04. The van der Waals surface area contributed by atoms with Gasteiger partial charge in [0.25, 0.3) is 0 Å². The number of aromatic hydroxyl groups is 1. The predicted molar refractivity (Wildman–Crippen MR) is 126 cm³/mol. The van der Waals surface area contributed by atoms with E-state index in [0.29, 0.717) is 44.7 Å². The molecule has 0 atom stereocenters. The summed E-state index contributed by atoms with van der Waals surface area (Å²) in [5.74, 6) is 1.69. The van der Waals surface area contributed by atoms with Crippen LogP contribution in [-0.4, -0.2) is 35.5 Å². The molecule has 160 valence electrons. The fourth-order valence-corrected chi connectivity index (χ4v) is 3.82. The van der Waals surface area contributed by atoms with E-state index in [0.717, 1.165) is 11.1 Å². The van der Waals surface area contributed by atoms with Crippen molar-refractivity contribution in [2.45, 2.75) is 5.16 Å². The first-order valence-corrected chi connectivity index (χ1v) is 10.9. The Balaban J connectivity index is 1.88. The monoisotopic (exact) mass is 444 g/mol. The molecule has 2 N–H and O–H groups in total. The molecule has 7 nitrogen and oxygen atoms in total. The Morgan fingerprint density at radius 2 is 1.72 bits per heavy atom. The maximum absolute atomic E-state index is 10.2. The van der Waals surface area contributed by atoms with Gasteiger partial charge in [-0.05, 0) is 36.6 Å². The molecule has 0 amide bonds. The molecule has 4 aromatic rings. The van der Waals surface area contributed by atoms with Crippen LogP contribution in [0.4, 0.5) is 11.5 Å². The van der Waals surface area contributed by atoms with Crippen LogP contribution in [0.5, 0.6) is 17.2 Å². The Morgan fingerprint density at radius 3 is 2.44 bits per heavy atom. The summed E-state index contributed by atoms with van der Waals surface area (Å²) in [6, 6.07) is 18.5. The van der Waals surface area contributed by atoms with Gasteiger partial charge in [-0.2, -0.15) is 5.26 Å². The molecule has 0 bridgehead atoms. The minimum atomic E-state index is 0.185. The Morgan fingerprint density at radius 1 is 0.969 bits per heavy atom. The summed E-state index contributed by atoms with van der Waals surface area (Å²) < 4.78 is 10.7. The van der Waals surface area contributed by atoms with Gasteiger partial charge in [0, 0.05) is 22.0 Å². The van der Waals surface area contributed by atoms with Gasteiger partial charge in [-0.3, -0.25) is 0 Å². The number of hydrogen-bond acceptors (Lipinski definition) is 8. The second-order valence-electron chi connectivity index (χ2n) is 6.77. The van der Waals surface area contributed by atoms with Crippen LogP contribution >= 0.6 is 11.8 Å². The zero-order chi connectivity index (χ0) is 22.7. The van der Waals surface area contributed by atoms with Gasteiger partial charge in [0.05, 0.1) is 19.9 Å². The summed E-state index contributed by atoms with van der Waals surface area (Å²) in [5.41, 5.74) is 2.21. The number of nitrogens with one attached hydrogen (secondary N) is 1. The third-order valence-corrected chi connectivity index (χ3v) is 5.54. The summed E-state index contributed by atoms with van der Waals surface area (Å²) >= 11 is 1.38. The molecule has 0 aliphatic heterocycles. The normalized spacial score (nSPS) is 10.6. The topological polar surface area (TPSA) is 100 Å². The Kier molecular flexibility index (Phi) is 6.01. The van der Waals surface area contributed by atoms with Crippen LogP contribution in [-0.2, 0) is 0 Å². The first-order chi connectivity index (χ1) is 15.6. The van der Waals surface area contributed by atoms with E-state index in [-0.39, 0.29) is 5.75 Å². The fraction of sp³-hybridized carbons (Fsp3) is 0.125. The van der Waals surface area contributed by atoms with Gasteiger partial charge in [0.15, 0.2) is 22.5 Å². The van der Waals surface area contributed by atoms with E-state index in [2.05, 4.69) is 21.4 Å². The number of phenols is 1. The van der Waals surface area contributed by atoms with Gasteiger partial charge in [-0.15, -0.1) is 0 Å². The molecule has 8 heteroatoms. The van der Waals surface area contributed by atoms with Crippen molar-refractivity contribution in [1.29, 1.82) is 5.26 Å². The number of fused-ring (bicyclic) bond motifs is 1. The first kappa shape index (κ1) is 21.3. The van der Waals surface area contributed by atoms with Crippen molar-refractivity contribution in [3.8, 4) is 34.6 Å². The minimum Gasteiger partial charge on any atom is -0.507 e. The number of benzene rings is 3. The largest absolute Gasteiger partial charge is 0.507 e. The highest BCUT2D eigenvalue weighted by Crippen LogP contribution is 2.37. The van der Waals surface area contributed by atoms with E-state index in [9.17, 15) is 10.4 Å². The quantitative estimate of drug-likeness (QED) is 0.303. The number of phenolic OH excluding ortho intramolecular Hbond substituents is 1. The number of nitrogens with zero attached hydrogens (tertiary/aromatic N) is 3. The fourth-order valence-electron chi connectivity index (χ4n) is 3.45. The molecule has 0 saturated heterocycles.